The standard InChI is InChI=1S/C16H20N4O2S3/c1-10(2)12-6-4-11(5-7-12)8-23-15-19-20-16(25-15)24-9-13(21)18-14(22)17-3/h4-7,10H,8-9H2,1-3H3,(H2,17,18,21,22). The molecular formula is C16H20N4O2S3. The maximum Gasteiger partial charge on any atom is 0.321 e. The lowest BCUT2D eigenvalue weighted by Gasteiger charge is -2.05. The van der Waals surface area contributed by atoms with E-state index < -0.39 is 6.03 Å². The molecule has 0 aliphatic carbocycles. The Balaban J connectivity index is 1.79. The number of urea groups is 1. The minimum atomic E-state index is -0.511. The second kappa shape index (κ2) is 9.79. The summed E-state index contributed by atoms with van der Waals surface area (Å²) in [7, 11) is 1.46. The lowest BCUT2D eigenvalue weighted by molar-refractivity contribution is -0.117. The first kappa shape index (κ1) is 19.7. The van der Waals surface area contributed by atoms with Crippen LogP contribution in [0.1, 0.15) is 30.9 Å². The Morgan fingerprint density at radius 2 is 1.76 bits per heavy atom. The molecule has 25 heavy (non-hydrogen) atoms. The largest absolute Gasteiger partial charge is 0.341 e. The van der Waals surface area contributed by atoms with E-state index in [0.717, 1.165) is 10.1 Å². The SMILES string of the molecule is CNC(=O)NC(=O)CSc1nnc(SCc2ccc(C(C)C)cc2)s1. The van der Waals surface area contributed by atoms with Crippen LogP contribution in [0.2, 0.25) is 0 Å². The smallest absolute Gasteiger partial charge is 0.321 e. The van der Waals surface area contributed by atoms with E-state index >= 15 is 0 Å². The average molecular weight is 397 g/mol. The highest BCUT2D eigenvalue weighted by Crippen LogP contribution is 2.30. The predicted octanol–water partition coefficient (Wildman–Crippen LogP) is 3.50. The van der Waals surface area contributed by atoms with Gasteiger partial charge in [-0.1, -0.05) is 73.0 Å². The predicted molar refractivity (Wildman–Crippen MR) is 103 cm³/mol. The molecule has 3 amide bonds. The molecule has 1 heterocycles. The molecule has 0 unspecified atom stereocenters. The van der Waals surface area contributed by atoms with Crippen LogP contribution in [0.25, 0.3) is 0 Å². The molecule has 6 nitrogen and oxygen atoms in total. The minimum absolute atomic E-state index is 0.128. The van der Waals surface area contributed by atoms with Crippen LogP contribution < -0.4 is 10.6 Å². The highest BCUT2D eigenvalue weighted by molar-refractivity contribution is 8.03. The Labute approximate surface area is 159 Å². The third-order valence-electron chi connectivity index (χ3n) is 3.20. The number of nitrogens with zero attached hydrogens (tertiary/aromatic N) is 2. The first-order chi connectivity index (χ1) is 12.0. The maximum atomic E-state index is 11.5. The summed E-state index contributed by atoms with van der Waals surface area (Å²) in [5.41, 5.74) is 2.57. The van der Waals surface area contributed by atoms with Gasteiger partial charge in [0.15, 0.2) is 8.68 Å². The summed E-state index contributed by atoms with van der Waals surface area (Å²) in [4.78, 5) is 22.6. The summed E-state index contributed by atoms with van der Waals surface area (Å²) in [5, 5.41) is 12.7. The van der Waals surface area contributed by atoms with Crippen LogP contribution in [0.3, 0.4) is 0 Å². The van der Waals surface area contributed by atoms with Crippen LogP contribution in [0.15, 0.2) is 32.9 Å². The van der Waals surface area contributed by atoms with E-state index in [1.807, 2.05) is 0 Å². The number of rotatable bonds is 7. The van der Waals surface area contributed by atoms with Crippen molar-refractivity contribution in [3.05, 3.63) is 35.4 Å². The number of benzene rings is 1. The highest BCUT2D eigenvalue weighted by atomic mass is 32.2. The van der Waals surface area contributed by atoms with E-state index in [4.69, 9.17) is 0 Å². The van der Waals surface area contributed by atoms with Crippen LogP contribution in [-0.4, -0.2) is 34.9 Å². The molecule has 0 bridgehead atoms. The normalized spacial score (nSPS) is 10.7. The molecule has 0 fully saturated rings. The molecule has 0 aliphatic rings. The molecule has 134 valence electrons. The molecule has 0 saturated heterocycles. The molecule has 2 N–H and O–H groups in total. The number of aromatic nitrogens is 2. The second-order valence-corrected chi connectivity index (χ2v) is 8.86. The fourth-order valence-electron chi connectivity index (χ4n) is 1.81. The summed E-state index contributed by atoms with van der Waals surface area (Å²) in [6.45, 7) is 4.36. The number of carbonyl (C=O) groups is 2. The number of amides is 3. The highest BCUT2D eigenvalue weighted by Gasteiger charge is 2.10. The number of hydrogen-bond acceptors (Lipinski definition) is 7. The quantitative estimate of drug-likeness (QED) is 0.697. The van der Waals surface area contributed by atoms with Gasteiger partial charge in [0, 0.05) is 12.8 Å². The summed E-state index contributed by atoms with van der Waals surface area (Å²) < 4.78 is 1.58. The molecule has 2 aromatic rings. The van der Waals surface area contributed by atoms with Crippen molar-refractivity contribution in [1.29, 1.82) is 0 Å². The van der Waals surface area contributed by atoms with E-state index in [1.165, 1.54) is 41.3 Å². The first-order valence-corrected chi connectivity index (χ1v) is 10.5. The molecule has 1 aromatic heterocycles. The Morgan fingerprint density at radius 1 is 1.12 bits per heavy atom. The Kier molecular flexibility index (Phi) is 7.73. The molecule has 0 spiro atoms. The molecule has 2 rings (SSSR count). The summed E-state index contributed by atoms with van der Waals surface area (Å²) in [5.74, 6) is 1.13. The minimum Gasteiger partial charge on any atom is -0.341 e. The van der Waals surface area contributed by atoms with Gasteiger partial charge >= 0.3 is 6.03 Å². The topological polar surface area (TPSA) is 84.0 Å². The lowest BCUT2D eigenvalue weighted by Crippen LogP contribution is -2.38. The van der Waals surface area contributed by atoms with Gasteiger partial charge in [-0.25, -0.2) is 4.79 Å². The van der Waals surface area contributed by atoms with Gasteiger partial charge in [0.2, 0.25) is 5.91 Å². The second-order valence-electron chi connectivity index (χ2n) is 5.43. The monoisotopic (exact) mass is 396 g/mol. The van der Waals surface area contributed by atoms with Crippen molar-refractivity contribution in [1.82, 2.24) is 20.8 Å². The maximum absolute atomic E-state index is 11.5. The van der Waals surface area contributed by atoms with Gasteiger partial charge in [-0.05, 0) is 17.0 Å². The van der Waals surface area contributed by atoms with Gasteiger partial charge in [0.25, 0.3) is 0 Å². The van der Waals surface area contributed by atoms with Gasteiger partial charge in [-0.3, -0.25) is 10.1 Å². The fraction of sp³-hybridized carbons (Fsp3) is 0.375. The van der Waals surface area contributed by atoms with E-state index in [0.29, 0.717) is 10.3 Å². The fourth-order valence-corrected chi connectivity index (χ4v) is 4.59. The average Bonchev–Trinajstić information content (AvgIpc) is 3.06. The van der Waals surface area contributed by atoms with Gasteiger partial charge in [0.1, 0.15) is 0 Å². The van der Waals surface area contributed by atoms with Gasteiger partial charge in [-0.2, -0.15) is 0 Å². The summed E-state index contributed by atoms with van der Waals surface area (Å²) in [6, 6.07) is 8.09. The lowest BCUT2D eigenvalue weighted by atomic mass is 10.0. The van der Waals surface area contributed by atoms with Crippen LogP contribution in [-0.2, 0) is 10.5 Å². The van der Waals surface area contributed by atoms with Crippen molar-refractivity contribution in [2.45, 2.75) is 34.2 Å². The van der Waals surface area contributed by atoms with Gasteiger partial charge in [0.05, 0.1) is 5.75 Å². The van der Waals surface area contributed by atoms with Crippen molar-refractivity contribution >= 4 is 46.8 Å². The van der Waals surface area contributed by atoms with E-state index in [1.54, 1.807) is 11.8 Å². The molecule has 0 aliphatic heterocycles. The van der Waals surface area contributed by atoms with E-state index in [9.17, 15) is 9.59 Å². The first-order valence-electron chi connectivity index (χ1n) is 7.67. The number of imide groups is 1. The van der Waals surface area contributed by atoms with Crippen LogP contribution in [0.4, 0.5) is 4.79 Å². The molecule has 0 radical (unpaired) electrons. The van der Waals surface area contributed by atoms with Crippen molar-refractivity contribution in [3.63, 3.8) is 0 Å². The van der Waals surface area contributed by atoms with E-state index in [2.05, 4.69) is 58.9 Å². The third kappa shape index (κ3) is 6.68. The summed E-state index contributed by atoms with van der Waals surface area (Å²) >= 11 is 4.34. The molecular weight excluding hydrogens is 376 g/mol. The zero-order valence-electron chi connectivity index (χ0n) is 14.2. The Morgan fingerprint density at radius 3 is 2.36 bits per heavy atom. The Hall–Kier alpha value is -1.58. The van der Waals surface area contributed by atoms with Crippen molar-refractivity contribution in [2.24, 2.45) is 0 Å². The molecule has 1 aromatic carbocycles. The van der Waals surface area contributed by atoms with Crippen molar-refractivity contribution in [3.8, 4) is 0 Å². The number of carbonyl (C=O) groups excluding carboxylic acids is 2. The van der Waals surface area contributed by atoms with Gasteiger partial charge < -0.3 is 5.32 Å². The van der Waals surface area contributed by atoms with Gasteiger partial charge in [-0.15, -0.1) is 10.2 Å². The van der Waals surface area contributed by atoms with Crippen LogP contribution in [0, 0.1) is 0 Å². The number of hydrogen-bond donors (Lipinski definition) is 2. The zero-order valence-corrected chi connectivity index (χ0v) is 16.7. The molecule has 0 atom stereocenters. The Bertz CT molecular complexity index is 716. The summed E-state index contributed by atoms with van der Waals surface area (Å²) in [6.07, 6.45) is 0. The van der Waals surface area contributed by atoms with Crippen molar-refractivity contribution in [2.75, 3.05) is 12.8 Å². The van der Waals surface area contributed by atoms with E-state index in [-0.39, 0.29) is 11.7 Å². The van der Waals surface area contributed by atoms with Crippen LogP contribution in [0.5, 0.6) is 0 Å². The van der Waals surface area contributed by atoms with Crippen molar-refractivity contribution < 1.29 is 9.59 Å². The molecule has 0 saturated carbocycles. The zero-order chi connectivity index (χ0) is 18.2. The third-order valence-corrected chi connectivity index (χ3v) is 6.46. The van der Waals surface area contributed by atoms with Crippen LogP contribution >= 0.6 is 34.9 Å². The number of thioether (sulfide) groups is 2. The molecule has 9 heteroatoms. The number of nitrogens with one attached hydrogen (secondary N) is 2.